The van der Waals surface area contributed by atoms with E-state index < -0.39 is 0 Å². The molecule has 2 aromatic rings. The van der Waals surface area contributed by atoms with Crippen molar-refractivity contribution in [3.63, 3.8) is 0 Å². The molecule has 0 fully saturated rings. The topological polar surface area (TPSA) is 73.4 Å². The van der Waals surface area contributed by atoms with Crippen molar-refractivity contribution in [3.8, 4) is 5.75 Å². The van der Waals surface area contributed by atoms with Gasteiger partial charge >= 0.3 is 0 Å². The maximum Gasteiger partial charge on any atom is 0.268 e. The van der Waals surface area contributed by atoms with Gasteiger partial charge in [0.05, 0.1) is 18.4 Å². The molecule has 21 heavy (non-hydrogen) atoms. The van der Waals surface area contributed by atoms with E-state index >= 15 is 0 Å². The zero-order chi connectivity index (χ0) is 15.2. The molecule has 1 aromatic carbocycles. The Hall–Kier alpha value is -2.34. The molecule has 0 saturated heterocycles. The van der Waals surface area contributed by atoms with Gasteiger partial charge in [0, 0.05) is 26.7 Å². The van der Waals surface area contributed by atoms with Crippen molar-refractivity contribution in [1.29, 1.82) is 0 Å². The number of benzene rings is 1. The molecule has 0 aliphatic heterocycles. The Kier molecular flexibility index (Phi) is 4.94. The Morgan fingerprint density at radius 1 is 1.33 bits per heavy atom. The average Bonchev–Trinajstić information content (AvgIpc) is 2.49. The Morgan fingerprint density at radius 2 is 2.14 bits per heavy atom. The second kappa shape index (κ2) is 6.90. The SMILES string of the molecule is CN(C)c1cnn(CCOc2cccc(CN)c2)c(=O)c1. The van der Waals surface area contributed by atoms with Crippen molar-refractivity contribution in [3.05, 3.63) is 52.4 Å². The van der Waals surface area contributed by atoms with Crippen LogP contribution in [-0.2, 0) is 13.1 Å². The van der Waals surface area contributed by atoms with Gasteiger partial charge < -0.3 is 15.4 Å². The lowest BCUT2D eigenvalue weighted by Gasteiger charge is -2.12. The summed E-state index contributed by atoms with van der Waals surface area (Å²) >= 11 is 0. The molecule has 6 heteroatoms. The summed E-state index contributed by atoms with van der Waals surface area (Å²) < 4.78 is 7.01. The second-order valence-corrected chi connectivity index (χ2v) is 4.87. The van der Waals surface area contributed by atoms with Crippen LogP contribution < -0.4 is 20.9 Å². The van der Waals surface area contributed by atoms with Crippen LogP contribution in [-0.4, -0.2) is 30.5 Å². The van der Waals surface area contributed by atoms with Crippen molar-refractivity contribution in [2.24, 2.45) is 5.73 Å². The van der Waals surface area contributed by atoms with E-state index in [0.29, 0.717) is 19.7 Å². The number of hydrogen-bond acceptors (Lipinski definition) is 5. The van der Waals surface area contributed by atoms with Gasteiger partial charge in [0.1, 0.15) is 12.4 Å². The Balaban J connectivity index is 1.95. The van der Waals surface area contributed by atoms with Crippen LogP contribution in [0.1, 0.15) is 5.56 Å². The first-order chi connectivity index (χ1) is 10.1. The molecule has 0 aliphatic rings. The van der Waals surface area contributed by atoms with Gasteiger partial charge in [-0.05, 0) is 17.7 Å². The monoisotopic (exact) mass is 288 g/mol. The maximum absolute atomic E-state index is 11.9. The lowest BCUT2D eigenvalue weighted by Crippen LogP contribution is -2.26. The molecule has 2 rings (SSSR count). The molecule has 6 nitrogen and oxygen atoms in total. The molecular weight excluding hydrogens is 268 g/mol. The van der Waals surface area contributed by atoms with Crippen molar-refractivity contribution in [2.75, 3.05) is 25.6 Å². The third-order valence-corrected chi connectivity index (χ3v) is 3.08. The summed E-state index contributed by atoms with van der Waals surface area (Å²) in [5.74, 6) is 0.746. The van der Waals surface area contributed by atoms with Gasteiger partial charge in [0.25, 0.3) is 5.56 Å². The predicted octanol–water partition coefficient (Wildman–Crippen LogP) is 0.847. The van der Waals surface area contributed by atoms with Crippen molar-refractivity contribution in [1.82, 2.24) is 9.78 Å². The first kappa shape index (κ1) is 15.1. The highest BCUT2D eigenvalue weighted by Gasteiger charge is 2.02. The Morgan fingerprint density at radius 3 is 2.81 bits per heavy atom. The highest BCUT2D eigenvalue weighted by Crippen LogP contribution is 2.12. The van der Waals surface area contributed by atoms with E-state index in [9.17, 15) is 4.79 Å². The lowest BCUT2D eigenvalue weighted by molar-refractivity contribution is 0.287. The largest absolute Gasteiger partial charge is 0.492 e. The summed E-state index contributed by atoms with van der Waals surface area (Å²) in [5.41, 5.74) is 7.24. The van der Waals surface area contributed by atoms with Gasteiger partial charge in [-0.2, -0.15) is 5.10 Å². The second-order valence-electron chi connectivity index (χ2n) is 4.87. The van der Waals surface area contributed by atoms with Gasteiger partial charge in [-0.3, -0.25) is 4.79 Å². The van der Waals surface area contributed by atoms with Gasteiger partial charge in [-0.1, -0.05) is 12.1 Å². The molecule has 112 valence electrons. The van der Waals surface area contributed by atoms with Gasteiger partial charge in [-0.25, -0.2) is 4.68 Å². The molecule has 0 aliphatic carbocycles. The molecule has 1 heterocycles. The molecule has 0 spiro atoms. The number of rotatable bonds is 6. The predicted molar refractivity (Wildman–Crippen MR) is 82.7 cm³/mol. The van der Waals surface area contributed by atoms with Crippen molar-refractivity contribution in [2.45, 2.75) is 13.1 Å². The van der Waals surface area contributed by atoms with Crippen LogP contribution in [0.3, 0.4) is 0 Å². The lowest BCUT2D eigenvalue weighted by atomic mass is 10.2. The van der Waals surface area contributed by atoms with Crippen LogP contribution in [0.15, 0.2) is 41.3 Å². The third kappa shape index (κ3) is 4.06. The summed E-state index contributed by atoms with van der Waals surface area (Å²) in [4.78, 5) is 13.7. The van der Waals surface area contributed by atoms with Crippen LogP contribution in [0.25, 0.3) is 0 Å². The first-order valence-electron chi connectivity index (χ1n) is 6.76. The Bertz CT molecular complexity index is 652. The maximum atomic E-state index is 11.9. The number of aromatic nitrogens is 2. The molecule has 2 N–H and O–H groups in total. The van der Waals surface area contributed by atoms with Crippen molar-refractivity contribution >= 4 is 5.69 Å². The molecule has 0 atom stereocenters. The van der Waals surface area contributed by atoms with E-state index in [1.54, 1.807) is 12.3 Å². The fourth-order valence-electron chi connectivity index (χ4n) is 1.85. The summed E-state index contributed by atoms with van der Waals surface area (Å²) in [7, 11) is 3.74. The highest BCUT2D eigenvalue weighted by molar-refractivity contribution is 5.40. The summed E-state index contributed by atoms with van der Waals surface area (Å²) in [6, 6.07) is 9.16. The number of anilines is 1. The van der Waals surface area contributed by atoms with E-state index in [2.05, 4.69) is 5.10 Å². The highest BCUT2D eigenvalue weighted by atomic mass is 16.5. The molecule has 0 amide bonds. The quantitative estimate of drug-likeness (QED) is 0.853. The normalized spacial score (nSPS) is 10.4. The van der Waals surface area contributed by atoms with Gasteiger partial charge in [0.2, 0.25) is 0 Å². The van der Waals surface area contributed by atoms with Gasteiger partial charge in [-0.15, -0.1) is 0 Å². The van der Waals surface area contributed by atoms with Crippen LogP contribution in [0, 0.1) is 0 Å². The minimum absolute atomic E-state index is 0.138. The average molecular weight is 288 g/mol. The fourth-order valence-corrected chi connectivity index (χ4v) is 1.85. The van der Waals surface area contributed by atoms with E-state index in [-0.39, 0.29) is 5.56 Å². The molecule has 1 aromatic heterocycles. The molecule has 0 saturated carbocycles. The smallest absolute Gasteiger partial charge is 0.268 e. The Labute approximate surface area is 123 Å². The zero-order valence-corrected chi connectivity index (χ0v) is 12.3. The van der Waals surface area contributed by atoms with E-state index in [4.69, 9.17) is 10.5 Å². The van der Waals surface area contributed by atoms with Crippen molar-refractivity contribution < 1.29 is 4.74 Å². The number of hydrogen-bond donors (Lipinski definition) is 1. The van der Waals surface area contributed by atoms with E-state index in [1.807, 2.05) is 43.3 Å². The minimum atomic E-state index is -0.138. The molecule has 0 unspecified atom stereocenters. The fraction of sp³-hybridized carbons (Fsp3) is 0.333. The van der Waals surface area contributed by atoms with E-state index in [0.717, 1.165) is 17.0 Å². The third-order valence-electron chi connectivity index (χ3n) is 3.08. The summed E-state index contributed by atoms with van der Waals surface area (Å²) in [6.45, 7) is 1.26. The number of nitrogens with two attached hydrogens (primary N) is 1. The van der Waals surface area contributed by atoms with E-state index in [1.165, 1.54) is 4.68 Å². The molecular formula is C15H20N4O2. The standard InChI is InChI=1S/C15H20N4O2/c1-18(2)13-9-15(20)19(17-11-13)6-7-21-14-5-3-4-12(8-14)10-16/h3-5,8-9,11H,6-7,10,16H2,1-2H3. The van der Waals surface area contributed by atoms with Crippen LogP contribution in [0.4, 0.5) is 5.69 Å². The molecule has 0 radical (unpaired) electrons. The molecule has 0 bridgehead atoms. The number of nitrogens with zero attached hydrogens (tertiary/aromatic N) is 3. The van der Waals surface area contributed by atoms with Crippen LogP contribution >= 0.6 is 0 Å². The van der Waals surface area contributed by atoms with Crippen LogP contribution in [0.2, 0.25) is 0 Å². The minimum Gasteiger partial charge on any atom is -0.492 e. The summed E-state index contributed by atoms with van der Waals surface area (Å²) in [5, 5.41) is 4.13. The van der Waals surface area contributed by atoms with Crippen LogP contribution in [0.5, 0.6) is 5.75 Å². The summed E-state index contributed by atoms with van der Waals surface area (Å²) in [6.07, 6.45) is 1.66. The number of ether oxygens (including phenoxy) is 1. The zero-order valence-electron chi connectivity index (χ0n) is 12.3. The van der Waals surface area contributed by atoms with Gasteiger partial charge in [0.15, 0.2) is 0 Å². The first-order valence-corrected chi connectivity index (χ1v) is 6.76.